The number of carbonyl (C=O) groups excluding carboxylic acids is 5. The molecule has 13 heteroatoms. The van der Waals surface area contributed by atoms with Crippen molar-refractivity contribution in [3.63, 3.8) is 0 Å². The maximum absolute atomic E-state index is 13.8. The molecule has 0 aliphatic heterocycles. The molecule has 0 fully saturated rings. The van der Waals surface area contributed by atoms with Gasteiger partial charge in [-0.1, -0.05) is 381 Å². The topological polar surface area (TPSA) is 159 Å². The molecule has 0 bridgehead atoms. The highest BCUT2D eigenvalue weighted by Crippen LogP contribution is 2.60. The number of anilines is 1. The highest BCUT2D eigenvalue weighted by Gasteiger charge is 2.41. The van der Waals surface area contributed by atoms with Crippen LogP contribution in [0.4, 0.5) is 5.69 Å². The minimum Gasteiger partial charge on any atom is -0.427 e. The Labute approximate surface area is 735 Å². The molecule has 0 heterocycles. The number of carbonyl (C=O) groups is 5. The molecule has 0 saturated heterocycles. The highest BCUT2D eigenvalue weighted by atomic mass is 79.9. The zero-order chi connectivity index (χ0) is 82.2. The van der Waals surface area contributed by atoms with Crippen LogP contribution in [0.3, 0.4) is 0 Å². The van der Waals surface area contributed by atoms with E-state index in [-0.39, 0.29) is 33.8 Å². The van der Waals surface area contributed by atoms with Crippen LogP contribution < -0.4 is 10.5 Å². The SMILES string of the molecule is Brc1ccc2c3c(cccc13)-c1c-2c(-c2ccccc2)c2cc3ccccc3cc2c1-c1ccccc1.C.C.C.CC(C)CCON=O.Nc1cc2ccccc2cc1OC=O.O=C(Cc1ccccc1)Cc1ccccc1.O=C1C(=O)c2ccc(Br)c3cccc1c23.O=C1C(c2ccccc2)=C2C(=C1c1ccccc1)c1ccc(Br)c3cccc2c13. The predicted octanol–water partition coefficient (Wildman–Crippen LogP) is 29.5. The van der Waals surface area contributed by atoms with Gasteiger partial charge in [-0.15, -0.1) is 4.91 Å². The molecule has 602 valence electrons. The van der Waals surface area contributed by atoms with Gasteiger partial charge in [0.05, 0.1) is 5.69 Å². The van der Waals surface area contributed by atoms with Gasteiger partial charge >= 0.3 is 0 Å². The monoisotopic (exact) mass is 1790 g/mol. The Kier molecular flexibility index (Phi) is 27.4. The summed E-state index contributed by atoms with van der Waals surface area (Å²) in [6.07, 6.45) is 1.94. The maximum atomic E-state index is 13.8. The van der Waals surface area contributed by atoms with Gasteiger partial charge in [0, 0.05) is 65.1 Å². The zero-order valence-electron chi connectivity index (χ0n) is 64.8. The molecule has 0 amide bonds. The first-order valence-corrected chi connectivity index (χ1v) is 41.5. The Hall–Kier alpha value is -13.4. The summed E-state index contributed by atoms with van der Waals surface area (Å²) in [5, 5.41) is 16.1. The van der Waals surface area contributed by atoms with Gasteiger partial charge in [0.15, 0.2) is 16.9 Å². The smallest absolute Gasteiger partial charge is 0.298 e. The average molecular weight is 1790 g/mol. The van der Waals surface area contributed by atoms with E-state index in [2.05, 4.69) is 230 Å². The number of nitrogens with zero attached hydrogens (tertiary/aromatic N) is 1. The van der Waals surface area contributed by atoms with Gasteiger partial charge in [-0.05, 0) is 198 Å². The third-order valence-electron chi connectivity index (χ3n) is 21.7. The van der Waals surface area contributed by atoms with Crippen molar-refractivity contribution in [3.8, 4) is 50.3 Å². The lowest BCUT2D eigenvalue weighted by Crippen LogP contribution is -2.06. The number of hydrogen-bond acceptors (Lipinski definition) is 10. The Morgan fingerprint density at radius 1 is 0.361 bits per heavy atom. The van der Waals surface area contributed by atoms with Crippen molar-refractivity contribution in [1.82, 2.24) is 0 Å². The molecule has 10 nitrogen and oxygen atoms in total. The zero-order valence-corrected chi connectivity index (χ0v) is 69.6. The van der Waals surface area contributed by atoms with Crippen LogP contribution in [0.1, 0.15) is 96.6 Å². The first-order chi connectivity index (χ1) is 58.2. The van der Waals surface area contributed by atoms with Crippen molar-refractivity contribution in [2.75, 3.05) is 12.3 Å². The van der Waals surface area contributed by atoms with Crippen molar-refractivity contribution in [3.05, 3.63) is 409 Å². The van der Waals surface area contributed by atoms with Crippen LogP contribution in [0.25, 0.3) is 131 Å². The summed E-state index contributed by atoms with van der Waals surface area (Å²) in [6, 6.07) is 117. The Bertz CT molecular complexity index is 6670. The quantitative estimate of drug-likeness (QED) is 0.0213. The first-order valence-electron chi connectivity index (χ1n) is 39.1. The first kappa shape index (κ1) is 86.4. The van der Waals surface area contributed by atoms with Gasteiger partial charge < -0.3 is 15.3 Å². The predicted molar refractivity (Wildman–Crippen MR) is 517 cm³/mol. The molecule has 0 spiro atoms. The molecule has 0 aromatic heterocycles. The summed E-state index contributed by atoms with van der Waals surface area (Å²) >= 11 is 11.0. The molecule has 2 N–H and O–H groups in total. The Morgan fingerprint density at radius 3 is 1.12 bits per heavy atom. The van der Waals surface area contributed by atoms with Crippen LogP contribution in [0, 0.1) is 10.8 Å². The molecule has 122 heavy (non-hydrogen) atoms. The van der Waals surface area contributed by atoms with E-state index in [0.717, 1.165) is 97.1 Å². The van der Waals surface area contributed by atoms with E-state index >= 15 is 0 Å². The number of benzene rings is 17. The number of ketones is 4. The largest absolute Gasteiger partial charge is 0.427 e. The number of rotatable bonds is 14. The number of nitrogens with two attached hydrogens (primary N) is 1. The van der Waals surface area contributed by atoms with Crippen molar-refractivity contribution in [1.29, 1.82) is 0 Å². The lowest BCUT2D eigenvalue weighted by atomic mass is 9.82. The molecule has 4 aliphatic rings. The Balaban J connectivity index is 0.000000134. The van der Waals surface area contributed by atoms with E-state index in [4.69, 9.17) is 10.5 Å². The second-order valence-corrected chi connectivity index (χ2v) is 32.1. The molecule has 0 radical (unpaired) electrons. The molecule has 0 unspecified atom stereocenters. The van der Waals surface area contributed by atoms with E-state index in [1.165, 1.54) is 87.6 Å². The molecule has 0 atom stereocenters. The second-order valence-electron chi connectivity index (χ2n) is 29.6. The lowest BCUT2D eigenvalue weighted by Gasteiger charge is -2.21. The van der Waals surface area contributed by atoms with E-state index in [1.807, 2.05) is 152 Å². The van der Waals surface area contributed by atoms with Crippen molar-refractivity contribution in [2.45, 2.75) is 55.4 Å². The number of ether oxygens (including phenoxy) is 1. The van der Waals surface area contributed by atoms with Gasteiger partial charge in [-0.2, -0.15) is 0 Å². The number of hydrogen-bond donors (Lipinski definition) is 1. The summed E-state index contributed by atoms with van der Waals surface area (Å²) in [7, 11) is 0. The van der Waals surface area contributed by atoms with Crippen LogP contribution in [0.5, 0.6) is 5.75 Å². The molecule has 4 aliphatic carbocycles. The molecular weight excluding hydrogens is 1700 g/mol. The number of allylic oxidation sites excluding steroid dienone is 4. The minimum atomic E-state index is -0.395. The van der Waals surface area contributed by atoms with E-state index in [9.17, 15) is 28.9 Å². The third-order valence-corrected chi connectivity index (χ3v) is 23.8. The van der Waals surface area contributed by atoms with Crippen LogP contribution in [0.2, 0.25) is 0 Å². The van der Waals surface area contributed by atoms with Crippen LogP contribution in [0.15, 0.2) is 365 Å². The normalized spacial score (nSPS) is 11.9. The highest BCUT2D eigenvalue weighted by molar-refractivity contribution is 9.11. The number of nitrogen functional groups attached to an aromatic ring is 1. The van der Waals surface area contributed by atoms with Gasteiger partial charge in [-0.25, -0.2) is 0 Å². The molecular formula is C109H87Br3N2O8. The number of Topliss-reactive ketones (excluding diaryl/α,β-unsaturated/α-hetero) is 4. The molecule has 17 aromatic carbocycles. The summed E-state index contributed by atoms with van der Waals surface area (Å²) in [5.74, 6) is 0.563. The molecule has 17 aromatic rings. The number of fused-ring (bicyclic) bond motifs is 9. The second kappa shape index (κ2) is 38.7. The standard InChI is InChI=1S/C36H21Br.C27H15BrO.C15H14O.C12H5BrO2.C11H9NO2.C5H11NO2.3CH4/c37-31-19-18-28-34-26(31)16-9-17-27(34)35-32(22-10-3-1-4-11-22)29-20-24-14-7-8-15-25(24)21-30(29)33(36(28)35)23-12-5-2-6-13-23;28-21-15-14-20-24-18(21)12-7-13-19(24)25-22(16-8-3-1-4-9-16)27(29)23(26(20)25)17-10-5-2-6-11-17;16-15(11-13-7-3-1-4-8-13)12-14-9-5-2-6-10-14;13-9-5-4-8-10-6(9)2-1-3-7(10)11(14)12(8)15;12-10-5-8-3-1-2-4-9(8)6-11(10)14-7-13;1-5(2)3-4-8-6-7;;;/h1-21H;1-15H;1-10H,11-12H2;1-5H;1-7H,12H2;5H,3-4H2,1-2H3;3*1H4. The minimum absolute atomic E-state index is 0. The van der Waals surface area contributed by atoms with E-state index < -0.39 is 11.6 Å². The van der Waals surface area contributed by atoms with Crippen molar-refractivity contribution < 1.29 is 33.5 Å². The third kappa shape index (κ3) is 17.4. The number of halogens is 3. The Morgan fingerprint density at radius 2 is 0.697 bits per heavy atom. The molecule has 21 rings (SSSR count). The summed E-state index contributed by atoms with van der Waals surface area (Å²) < 4.78 is 7.86. The summed E-state index contributed by atoms with van der Waals surface area (Å²) in [5.41, 5.74) is 27.8. The van der Waals surface area contributed by atoms with Gasteiger partial charge in [-0.3, -0.25) is 24.0 Å². The van der Waals surface area contributed by atoms with Crippen molar-refractivity contribution >= 4 is 170 Å². The fourth-order valence-corrected chi connectivity index (χ4v) is 17.8. The van der Waals surface area contributed by atoms with E-state index in [1.54, 1.807) is 36.4 Å². The van der Waals surface area contributed by atoms with Crippen LogP contribution in [-0.4, -0.2) is 36.2 Å². The molecule has 0 saturated carbocycles. The van der Waals surface area contributed by atoms with Crippen molar-refractivity contribution in [2.24, 2.45) is 11.3 Å². The van der Waals surface area contributed by atoms with Crippen LogP contribution >= 0.6 is 47.8 Å². The fraction of sp³-hybridized carbons (Fsp3) is 0.0917. The average Bonchev–Trinajstić information content (AvgIpc) is 1.53. The van der Waals surface area contributed by atoms with Gasteiger partial charge in [0.1, 0.15) is 12.4 Å². The fourth-order valence-electron chi connectivity index (χ4n) is 16.4. The van der Waals surface area contributed by atoms with Gasteiger partial charge in [0.2, 0.25) is 11.6 Å². The van der Waals surface area contributed by atoms with Gasteiger partial charge in [0.25, 0.3) is 6.47 Å². The van der Waals surface area contributed by atoms with Crippen LogP contribution in [-0.2, 0) is 32.1 Å². The summed E-state index contributed by atoms with van der Waals surface area (Å²) in [4.78, 5) is 72.5. The summed E-state index contributed by atoms with van der Waals surface area (Å²) in [6.45, 7) is 4.95. The maximum Gasteiger partial charge on any atom is 0.298 e. The lowest BCUT2D eigenvalue weighted by molar-refractivity contribution is -0.120. The van der Waals surface area contributed by atoms with E-state index in [0.29, 0.717) is 54.4 Å².